The van der Waals surface area contributed by atoms with Gasteiger partial charge in [0.25, 0.3) is 0 Å². The first-order chi connectivity index (χ1) is 4.63. The minimum Gasteiger partial charge on any atom is -0.478 e. The van der Waals surface area contributed by atoms with E-state index in [0.717, 1.165) is 24.3 Å². The summed E-state index contributed by atoms with van der Waals surface area (Å²) >= 11 is 0. The molecule has 0 radical (unpaired) electrons. The van der Waals surface area contributed by atoms with Gasteiger partial charge in [-0.2, -0.15) is 0 Å². The van der Waals surface area contributed by atoms with Crippen LogP contribution in [0.15, 0.2) is 24.3 Å². The zero-order valence-corrected chi connectivity index (χ0v) is 6.48. The fraction of sp³-hybridized carbons (Fsp3) is 0. The first-order valence-corrected chi connectivity index (χ1v) is 2.43. The van der Waals surface area contributed by atoms with Gasteiger partial charge >= 0.3 is 11.9 Å². The molecule has 2 N–H and O–H groups in total. The van der Waals surface area contributed by atoms with Crippen LogP contribution in [0.25, 0.3) is 0 Å². The molecule has 0 spiro atoms. The van der Waals surface area contributed by atoms with E-state index in [1.807, 2.05) is 0 Å². The Labute approximate surface area is 73.7 Å². The van der Waals surface area contributed by atoms with E-state index in [2.05, 4.69) is 0 Å². The van der Waals surface area contributed by atoms with Crippen LogP contribution in [0.2, 0.25) is 0 Å². The smallest absolute Gasteiger partial charge is 0.328 e. The van der Waals surface area contributed by atoms with Crippen LogP contribution < -0.4 is 0 Å². The number of hydrogen-bond acceptors (Lipinski definition) is 2. The molecule has 0 bridgehead atoms. The number of rotatable bonds is 3. The maximum absolute atomic E-state index is 9.78. The van der Waals surface area contributed by atoms with Gasteiger partial charge in [0.05, 0.1) is 0 Å². The average Bonchev–Trinajstić information content (AvgIpc) is 1.79. The largest absolute Gasteiger partial charge is 0.478 e. The quantitative estimate of drug-likeness (QED) is 0.387. The van der Waals surface area contributed by atoms with Gasteiger partial charge in [0.1, 0.15) is 0 Å². The predicted molar refractivity (Wildman–Crippen MR) is 33.6 cm³/mol. The van der Waals surface area contributed by atoms with Crippen LogP contribution in [-0.4, -0.2) is 22.2 Å². The summed E-state index contributed by atoms with van der Waals surface area (Å²) in [5, 5.41) is 16.0. The normalized spacial score (nSPS) is 9.82. The number of hydrogen-bond donors (Lipinski definition) is 2. The van der Waals surface area contributed by atoms with Crippen molar-refractivity contribution < 1.29 is 36.9 Å². The average molecular weight is 198 g/mol. The van der Waals surface area contributed by atoms with Crippen molar-refractivity contribution in [3.63, 3.8) is 0 Å². The first kappa shape index (κ1) is 12.6. The second-order valence-electron chi connectivity index (χ2n) is 1.39. The van der Waals surface area contributed by atoms with Crippen molar-refractivity contribution in [2.75, 3.05) is 0 Å². The summed E-state index contributed by atoms with van der Waals surface area (Å²) in [5.74, 6) is -2.20. The number of carboxylic acids is 2. The van der Waals surface area contributed by atoms with Crippen molar-refractivity contribution >= 4 is 11.9 Å². The molecule has 0 amide bonds. The van der Waals surface area contributed by atoms with Gasteiger partial charge in [-0.05, 0) is 0 Å². The third-order valence-corrected chi connectivity index (χ3v) is 0.589. The van der Waals surface area contributed by atoms with E-state index in [9.17, 15) is 9.59 Å². The SMILES string of the molecule is O=C(O)/C=C\C=C/C(=O)O.[Fe]. The molecule has 0 saturated carbocycles. The number of carboxylic acid groups (broad SMARTS) is 2. The van der Waals surface area contributed by atoms with Gasteiger partial charge in [0.15, 0.2) is 0 Å². The zero-order valence-electron chi connectivity index (χ0n) is 5.37. The Hall–Kier alpha value is -1.06. The molecular weight excluding hydrogens is 192 g/mol. The molecule has 5 heteroatoms. The van der Waals surface area contributed by atoms with Crippen molar-refractivity contribution in [1.82, 2.24) is 0 Å². The van der Waals surface area contributed by atoms with Gasteiger partial charge < -0.3 is 10.2 Å². The van der Waals surface area contributed by atoms with E-state index in [1.54, 1.807) is 0 Å². The van der Waals surface area contributed by atoms with Gasteiger partial charge in [-0.3, -0.25) is 0 Å². The van der Waals surface area contributed by atoms with Crippen LogP contribution in [0.3, 0.4) is 0 Å². The Morgan fingerprint density at radius 2 is 1.18 bits per heavy atom. The van der Waals surface area contributed by atoms with E-state index >= 15 is 0 Å². The number of carbonyl (C=O) groups is 2. The molecule has 11 heavy (non-hydrogen) atoms. The van der Waals surface area contributed by atoms with E-state index < -0.39 is 11.9 Å². The molecular formula is C6H6FeO4. The molecule has 0 aliphatic heterocycles. The molecule has 0 heterocycles. The molecule has 0 aliphatic rings. The summed E-state index contributed by atoms with van der Waals surface area (Å²) in [6, 6.07) is 0. The minimum absolute atomic E-state index is 0. The van der Waals surface area contributed by atoms with Crippen LogP contribution in [0.5, 0.6) is 0 Å². The monoisotopic (exact) mass is 198 g/mol. The molecule has 0 aromatic carbocycles. The van der Waals surface area contributed by atoms with Crippen molar-refractivity contribution in [2.45, 2.75) is 0 Å². The van der Waals surface area contributed by atoms with Gasteiger partial charge in [-0.25, -0.2) is 9.59 Å². The summed E-state index contributed by atoms with van der Waals surface area (Å²) in [7, 11) is 0. The maximum atomic E-state index is 9.78. The summed E-state index contributed by atoms with van der Waals surface area (Å²) < 4.78 is 0. The molecule has 0 atom stereocenters. The molecule has 0 aliphatic carbocycles. The van der Waals surface area contributed by atoms with Gasteiger partial charge in [0.2, 0.25) is 0 Å². The molecule has 0 aromatic rings. The summed E-state index contributed by atoms with van der Waals surface area (Å²) in [5.41, 5.74) is 0. The zero-order chi connectivity index (χ0) is 7.98. The Bertz CT molecular complexity index is 173. The van der Waals surface area contributed by atoms with Gasteiger partial charge in [-0.15, -0.1) is 0 Å². The summed E-state index contributed by atoms with van der Waals surface area (Å²) in [4.78, 5) is 19.6. The van der Waals surface area contributed by atoms with Crippen molar-refractivity contribution in [2.24, 2.45) is 0 Å². The minimum atomic E-state index is -1.10. The van der Waals surface area contributed by atoms with E-state index in [4.69, 9.17) is 10.2 Å². The fourth-order valence-corrected chi connectivity index (χ4v) is 0.276. The standard InChI is InChI=1S/C6H6O4.Fe/c7-5(8)3-1-2-4-6(9)10;/h1-4H,(H,7,8)(H,9,10);/b3-1-,4-2-;. The van der Waals surface area contributed by atoms with Crippen LogP contribution in [0.1, 0.15) is 0 Å². The summed E-state index contributed by atoms with van der Waals surface area (Å²) in [6.45, 7) is 0. The molecule has 4 nitrogen and oxygen atoms in total. The van der Waals surface area contributed by atoms with Crippen LogP contribution in [-0.2, 0) is 26.7 Å². The van der Waals surface area contributed by atoms with E-state index in [1.165, 1.54) is 0 Å². The van der Waals surface area contributed by atoms with Crippen LogP contribution in [0.4, 0.5) is 0 Å². The fourth-order valence-electron chi connectivity index (χ4n) is 0.276. The van der Waals surface area contributed by atoms with Crippen LogP contribution in [0, 0.1) is 0 Å². The number of aliphatic carboxylic acids is 2. The predicted octanol–water partition coefficient (Wildman–Crippen LogP) is 0.266. The molecule has 62 valence electrons. The summed E-state index contributed by atoms with van der Waals surface area (Å²) in [6.07, 6.45) is 3.96. The van der Waals surface area contributed by atoms with E-state index in [-0.39, 0.29) is 17.1 Å². The Morgan fingerprint density at radius 1 is 0.909 bits per heavy atom. The van der Waals surface area contributed by atoms with Crippen molar-refractivity contribution in [1.29, 1.82) is 0 Å². The second-order valence-corrected chi connectivity index (χ2v) is 1.39. The Balaban J connectivity index is 0. The number of allylic oxidation sites excluding steroid dienone is 2. The second kappa shape index (κ2) is 7.05. The molecule has 0 fully saturated rings. The third kappa shape index (κ3) is 12.2. The Kier molecular flexibility index (Phi) is 8.08. The van der Waals surface area contributed by atoms with E-state index in [0.29, 0.717) is 0 Å². The molecule has 0 rings (SSSR count). The third-order valence-electron chi connectivity index (χ3n) is 0.589. The maximum Gasteiger partial charge on any atom is 0.328 e. The topological polar surface area (TPSA) is 74.6 Å². The van der Waals surface area contributed by atoms with Crippen molar-refractivity contribution in [3.8, 4) is 0 Å². The van der Waals surface area contributed by atoms with Crippen molar-refractivity contribution in [3.05, 3.63) is 24.3 Å². The van der Waals surface area contributed by atoms with Crippen LogP contribution >= 0.6 is 0 Å². The van der Waals surface area contributed by atoms with Gasteiger partial charge in [-0.1, -0.05) is 12.2 Å². The molecule has 0 unspecified atom stereocenters. The first-order valence-electron chi connectivity index (χ1n) is 2.43. The Morgan fingerprint density at radius 3 is 1.36 bits per heavy atom. The molecule has 0 saturated heterocycles. The molecule has 0 aromatic heterocycles. The van der Waals surface area contributed by atoms with Gasteiger partial charge in [0, 0.05) is 29.2 Å².